The summed E-state index contributed by atoms with van der Waals surface area (Å²) in [5.41, 5.74) is 1.39. The van der Waals surface area contributed by atoms with Crippen molar-refractivity contribution in [3.8, 4) is 11.5 Å². The predicted molar refractivity (Wildman–Crippen MR) is 113 cm³/mol. The van der Waals surface area contributed by atoms with E-state index < -0.39 is 6.16 Å². The van der Waals surface area contributed by atoms with E-state index in [2.05, 4.69) is 46.3 Å². The maximum atomic E-state index is 12.2. The molecule has 156 valence electrons. The number of benzene rings is 1. The van der Waals surface area contributed by atoms with E-state index in [9.17, 15) is 4.79 Å². The molecule has 1 fully saturated rings. The lowest BCUT2D eigenvalue weighted by Crippen LogP contribution is -2.60. The minimum absolute atomic E-state index is 0.142. The van der Waals surface area contributed by atoms with Crippen molar-refractivity contribution in [2.24, 2.45) is 0 Å². The molecule has 0 aliphatic carbocycles. The first-order chi connectivity index (χ1) is 13.2. The van der Waals surface area contributed by atoms with Crippen LogP contribution >= 0.6 is 0 Å². The Morgan fingerprint density at radius 1 is 1.14 bits per heavy atom. The lowest BCUT2D eigenvalue weighted by atomic mass is 9.82. The fourth-order valence-electron chi connectivity index (χ4n) is 3.88. The fourth-order valence-corrected chi connectivity index (χ4v) is 3.88. The van der Waals surface area contributed by atoms with Gasteiger partial charge in [-0.25, -0.2) is 4.79 Å². The molecule has 0 aromatic heterocycles. The maximum absolute atomic E-state index is 12.2. The average molecular weight is 390 g/mol. The Hall–Kier alpha value is -2.01. The first-order valence-corrected chi connectivity index (χ1v) is 10.3. The van der Waals surface area contributed by atoms with Gasteiger partial charge in [0.2, 0.25) is 0 Å². The van der Waals surface area contributed by atoms with Crippen LogP contribution in [0.2, 0.25) is 0 Å². The number of aryl methyl sites for hydroxylation is 1. The van der Waals surface area contributed by atoms with Crippen LogP contribution in [0.1, 0.15) is 78.4 Å². The van der Waals surface area contributed by atoms with Gasteiger partial charge in [0.05, 0.1) is 17.7 Å². The summed E-state index contributed by atoms with van der Waals surface area (Å²) in [6, 6.07) is 3.90. The lowest BCUT2D eigenvalue weighted by molar-refractivity contribution is -0.217. The number of rotatable bonds is 7. The van der Waals surface area contributed by atoms with E-state index in [-0.39, 0.29) is 11.1 Å². The van der Waals surface area contributed by atoms with Gasteiger partial charge in [0.15, 0.2) is 11.5 Å². The Morgan fingerprint density at radius 3 is 2.32 bits per heavy atom. The molecule has 0 saturated carbocycles. The lowest BCUT2D eigenvalue weighted by Gasteiger charge is -2.51. The second-order valence-electron chi connectivity index (χ2n) is 8.59. The van der Waals surface area contributed by atoms with Gasteiger partial charge in [-0.2, -0.15) is 0 Å². The third kappa shape index (κ3) is 4.88. The molecule has 1 heterocycles. The molecule has 5 heteroatoms. The van der Waals surface area contributed by atoms with Crippen molar-refractivity contribution in [1.29, 1.82) is 0 Å². The monoisotopic (exact) mass is 389 g/mol. The van der Waals surface area contributed by atoms with Gasteiger partial charge in [0.1, 0.15) is 0 Å². The third-order valence-corrected chi connectivity index (χ3v) is 5.29. The molecule has 28 heavy (non-hydrogen) atoms. The van der Waals surface area contributed by atoms with Crippen LogP contribution < -0.4 is 9.57 Å². The van der Waals surface area contributed by atoms with E-state index in [0.29, 0.717) is 23.7 Å². The van der Waals surface area contributed by atoms with E-state index >= 15 is 0 Å². The molecule has 1 aliphatic heterocycles. The van der Waals surface area contributed by atoms with Crippen LogP contribution in [-0.4, -0.2) is 28.9 Å². The maximum Gasteiger partial charge on any atom is 0.513 e. The summed E-state index contributed by atoms with van der Waals surface area (Å²) in [6.07, 6.45) is 5.66. The van der Waals surface area contributed by atoms with Crippen molar-refractivity contribution in [1.82, 2.24) is 5.06 Å². The summed E-state index contributed by atoms with van der Waals surface area (Å²) in [6.45, 7) is 16.9. The van der Waals surface area contributed by atoms with Crippen molar-refractivity contribution in [3.05, 3.63) is 29.8 Å². The molecule has 0 radical (unpaired) electrons. The second kappa shape index (κ2) is 8.99. The summed E-state index contributed by atoms with van der Waals surface area (Å²) in [7, 11) is 0. The predicted octanol–water partition coefficient (Wildman–Crippen LogP) is 6.15. The molecule has 1 saturated heterocycles. The van der Waals surface area contributed by atoms with Gasteiger partial charge in [-0.1, -0.05) is 38.6 Å². The largest absolute Gasteiger partial charge is 0.513 e. The summed E-state index contributed by atoms with van der Waals surface area (Å²) >= 11 is 0. The van der Waals surface area contributed by atoms with Crippen LogP contribution in [0.4, 0.5) is 4.79 Å². The second-order valence-corrected chi connectivity index (χ2v) is 8.59. The standard InChI is InChI=1S/C23H35NO4/c1-8-16-26-21(25)27-19-17(9-2)12-13-18(10-3)20(19)28-24-22(4,5)14-11-15-23(24,6)7/h9,12-13H,2,8,10-11,14-16H2,1,3-7H3. The normalized spacial score (nSPS) is 18.4. The number of carbonyl (C=O) groups excluding carboxylic acids is 1. The molecule has 0 N–H and O–H groups in total. The zero-order valence-electron chi connectivity index (χ0n) is 18.3. The van der Waals surface area contributed by atoms with Gasteiger partial charge in [0, 0.05) is 11.1 Å². The summed E-state index contributed by atoms with van der Waals surface area (Å²) in [4.78, 5) is 18.7. The first kappa shape index (κ1) is 22.3. The van der Waals surface area contributed by atoms with Crippen LogP contribution in [0.25, 0.3) is 6.08 Å². The van der Waals surface area contributed by atoms with Crippen molar-refractivity contribution in [2.45, 2.75) is 84.7 Å². The molecule has 0 spiro atoms. The highest BCUT2D eigenvalue weighted by molar-refractivity contribution is 5.71. The topological polar surface area (TPSA) is 48.0 Å². The average Bonchev–Trinajstić information content (AvgIpc) is 2.63. The molecule has 1 aromatic rings. The molecule has 1 aliphatic rings. The molecule has 1 aromatic carbocycles. The minimum atomic E-state index is -0.722. The molecule has 0 unspecified atom stereocenters. The smallest absolute Gasteiger partial charge is 0.434 e. The van der Waals surface area contributed by atoms with E-state index in [1.165, 1.54) is 0 Å². The van der Waals surface area contributed by atoms with Gasteiger partial charge in [-0.05, 0) is 59.8 Å². The van der Waals surface area contributed by atoms with E-state index in [0.717, 1.165) is 37.7 Å². The highest BCUT2D eigenvalue weighted by Crippen LogP contribution is 2.43. The Kier molecular flexibility index (Phi) is 7.16. The van der Waals surface area contributed by atoms with Crippen molar-refractivity contribution in [3.63, 3.8) is 0 Å². The quantitative estimate of drug-likeness (QED) is 0.413. The number of carbonyl (C=O) groups is 1. The molecule has 0 bridgehead atoms. The number of hydrogen-bond donors (Lipinski definition) is 0. The number of piperidine rings is 1. The van der Waals surface area contributed by atoms with Gasteiger partial charge < -0.3 is 14.3 Å². The van der Waals surface area contributed by atoms with Crippen molar-refractivity contribution < 1.29 is 19.1 Å². The molecule has 0 atom stereocenters. The SMILES string of the molecule is C=Cc1ccc(CC)c(ON2C(C)(C)CCCC2(C)C)c1OC(=O)OCCC. The number of ether oxygens (including phenoxy) is 2. The number of nitrogens with zero attached hydrogens (tertiary/aromatic N) is 1. The minimum Gasteiger partial charge on any atom is -0.434 e. The highest BCUT2D eigenvalue weighted by Gasteiger charge is 2.44. The number of hydroxylamine groups is 2. The van der Waals surface area contributed by atoms with E-state index in [1.807, 2.05) is 19.1 Å². The number of hydrogen-bond acceptors (Lipinski definition) is 5. The van der Waals surface area contributed by atoms with E-state index in [4.69, 9.17) is 14.3 Å². The Morgan fingerprint density at radius 2 is 1.79 bits per heavy atom. The van der Waals surface area contributed by atoms with Gasteiger partial charge >= 0.3 is 6.16 Å². The van der Waals surface area contributed by atoms with Crippen LogP contribution in [-0.2, 0) is 11.2 Å². The first-order valence-electron chi connectivity index (χ1n) is 10.3. The molecule has 0 amide bonds. The van der Waals surface area contributed by atoms with Gasteiger partial charge in [0.25, 0.3) is 0 Å². The van der Waals surface area contributed by atoms with Crippen LogP contribution in [0.3, 0.4) is 0 Å². The zero-order chi connectivity index (χ0) is 20.9. The molecular weight excluding hydrogens is 354 g/mol. The summed E-state index contributed by atoms with van der Waals surface area (Å²) in [5, 5.41) is 2.06. The third-order valence-electron chi connectivity index (χ3n) is 5.29. The Balaban J connectivity index is 2.48. The Bertz CT molecular complexity index is 693. The van der Waals surface area contributed by atoms with Crippen molar-refractivity contribution >= 4 is 12.2 Å². The highest BCUT2D eigenvalue weighted by atomic mass is 16.7. The summed E-state index contributed by atoms with van der Waals surface area (Å²) < 4.78 is 10.7. The van der Waals surface area contributed by atoms with Gasteiger partial charge in [-0.15, -0.1) is 5.06 Å². The fraction of sp³-hybridized carbons (Fsp3) is 0.609. The van der Waals surface area contributed by atoms with Crippen LogP contribution in [0.5, 0.6) is 11.5 Å². The molecule has 5 nitrogen and oxygen atoms in total. The molecule has 2 rings (SSSR count). The Labute approximate surface area is 169 Å². The van der Waals surface area contributed by atoms with Crippen LogP contribution in [0.15, 0.2) is 18.7 Å². The van der Waals surface area contributed by atoms with Crippen LogP contribution in [0, 0.1) is 0 Å². The van der Waals surface area contributed by atoms with Gasteiger partial charge in [-0.3, -0.25) is 0 Å². The van der Waals surface area contributed by atoms with Crippen molar-refractivity contribution in [2.75, 3.05) is 6.61 Å². The summed E-state index contributed by atoms with van der Waals surface area (Å²) in [5.74, 6) is 0.934. The zero-order valence-corrected chi connectivity index (χ0v) is 18.3. The molecular formula is C23H35NO4. The van der Waals surface area contributed by atoms with E-state index in [1.54, 1.807) is 6.08 Å².